The van der Waals surface area contributed by atoms with Crippen molar-refractivity contribution in [3.63, 3.8) is 0 Å². The Labute approximate surface area is 91.7 Å². The molecular formula is C11H10FN3O. The van der Waals surface area contributed by atoms with Crippen LogP contribution in [0.4, 0.5) is 14.9 Å². The van der Waals surface area contributed by atoms with Crippen molar-refractivity contribution >= 4 is 11.7 Å². The SMILES string of the molecule is Cc1cc(F)ccc1NC(=O)n1ccnc1. The summed E-state index contributed by atoms with van der Waals surface area (Å²) in [5.41, 5.74) is 1.26. The summed E-state index contributed by atoms with van der Waals surface area (Å²) in [4.78, 5) is 15.4. The minimum absolute atomic E-state index is 0.321. The molecule has 4 nitrogen and oxygen atoms in total. The average Bonchev–Trinajstić information content (AvgIpc) is 2.75. The molecule has 0 spiro atoms. The van der Waals surface area contributed by atoms with Crippen LogP contribution in [0.2, 0.25) is 0 Å². The summed E-state index contributed by atoms with van der Waals surface area (Å²) >= 11 is 0. The van der Waals surface area contributed by atoms with Crippen LogP contribution < -0.4 is 5.32 Å². The Morgan fingerprint density at radius 1 is 1.50 bits per heavy atom. The molecule has 16 heavy (non-hydrogen) atoms. The highest BCUT2D eigenvalue weighted by molar-refractivity contribution is 5.91. The van der Waals surface area contributed by atoms with Crippen LogP contribution >= 0.6 is 0 Å². The van der Waals surface area contributed by atoms with E-state index >= 15 is 0 Å². The average molecular weight is 219 g/mol. The maximum atomic E-state index is 12.8. The molecule has 2 rings (SSSR count). The van der Waals surface area contributed by atoms with Gasteiger partial charge in [-0.15, -0.1) is 0 Å². The molecule has 1 aromatic heterocycles. The Kier molecular flexibility index (Phi) is 2.68. The standard InChI is InChI=1S/C11H10FN3O/c1-8-6-9(12)2-3-10(8)14-11(16)15-5-4-13-7-15/h2-7H,1H3,(H,14,16). The summed E-state index contributed by atoms with van der Waals surface area (Å²) in [6.07, 6.45) is 4.44. The number of hydrogen-bond donors (Lipinski definition) is 1. The molecule has 0 unspecified atom stereocenters. The molecule has 0 fully saturated rings. The van der Waals surface area contributed by atoms with E-state index in [4.69, 9.17) is 0 Å². The lowest BCUT2D eigenvalue weighted by Crippen LogP contribution is -2.18. The number of rotatable bonds is 1. The number of amides is 1. The van der Waals surface area contributed by atoms with Gasteiger partial charge in [0.1, 0.15) is 12.1 Å². The summed E-state index contributed by atoms with van der Waals surface area (Å²) in [7, 11) is 0. The van der Waals surface area contributed by atoms with Gasteiger partial charge < -0.3 is 5.32 Å². The van der Waals surface area contributed by atoms with Gasteiger partial charge in [0.05, 0.1) is 0 Å². The summed E-state index contributed by atoms with van der Waals surface area (Å²) in [5, 5.41) is 2.66. The normalized spacial score (nSPS) is 10.1. The first kappa shape index (κ1) is 10.4. The lowest BCUT2D eigenvalue weighted by molar-refractivity contribution is 0.253. The predicted molar refractivity (Wildman–Crippen MR) is 57.8 cm³/mol. The Morgan fingerprint density at radius 3 is 2.94 bits per heavy atom. The van der Waals surface area contributed by atoms with E-state index in [1.54, 1.807) is 6.92 Å². The van der Waals surface area contributed by atoms with Crippen LogP contribution in [0.3, 0.4) is 0 Å². The predicted octanol–water partition coefficient (Wildman–Crippen LogP) is 2.41. The van der Waals surface area contributed by atoms with Crippen molar-refractivity contribution in [1.29, 1.82) is 0 Å². The number of anilines is 1. The van der Waals surface area contributed by atoms with E-state index in [-0.39, 0.29) is 11.8 Å². The van der Waals surface area contributed by atoms with E-state index in [2.05, 4.69) is 10.3 Å². The number of carbonyl (C=O) groups is 1. The van der Waals surface area contributed by atoms with Crippen LogP contribution in [0.5, 0.6) is 0 Å². The lowest BCUT2D eigenvalue weighted by Gasteiger charge is -2.08. The molecule has 0 saturated carbocycles. The van der Waals surface area contributed by atoms with Gasteiger partial charge >= 0.3 is 6.03 Å². The second kappa shape index (κ2) is 4.14. The number of halogens is 1. The fourth-order valence-corrected chi connectivity index (χ4v) is 1.33. The molecule has 0 aliphatic heterocycles. The van der Waals surface area contributed by atoms with Crippen molar-refractivity contribution in [2.24, 2.45) is 0 Å². The summed E-state index contributed by atoms with van der Waals surface area (Å²) in [5.74, 6) is -0.321. The Morgan fingerprint density at radius 2 is 2.31 bits per heavy atom. The van der Waals surface area contributed by atoms with Crippen molar-refractivity contribution < 1.29 is 9.18 Å². The summed E-state index contributed by atoms with van der Waals surface area (Å²) in [6, 6.07) is 3.87. The van der Waals surface area contributed by atoms with Gasteiger partial charge in [0.2, 0.25) is 0 Å². The highest BCUT2D eigenvalue weighted by atomic mass is 19.1. The first-order valence-corrected chi connectivity index (χ1v) is 4.72. The molecule has 1 amide bonds. The summed E-state index contributed by atoms with van der Waals surface area (Å²) in [6.45, 7) is 1.73. The van der Waals surface area contributed by atoms with Crippen molar-refractivity contribution in [3.05, 3.63) is 48.3 Å². The van der Waals surface area contributed by atoms with Crippen LogP contribution in [-0.2, 0) is 0 Å². The number of benzene rings is 1. The second-order valence-electron chi connectivity index (χ2n) is 3.36. The van der Waals surface area contributed by atoms with Gasteiger partial charge in [-0.25, -0.2) is 14.2 Å². The van der Waals surface area contributed by atoms with E-state index in [9.17, 15) is 9.18 Å². The third kappa shape index (κ3) is 2.08. The molecule has 1 heterocycles. The zero-order chi connectivity index (χ0) is 11.5. The number of nitrogens with one attached hydrogen (secondary N) is 1. The molecule has 1 aromatic carbocycles. The highest BCUT2D eigenvalue weighted by Gasteiger charge is 2.06. The first-order valence-electron chi connectivity index (χ1n) is 4.72. The van der Waals surface area contributed by atoms with Gasteiger partial charge in [-0.05, 0) is 30.7 Å². The Balaban J connectivity index is 2.18. The van der Waals surface area contributed by atoms with E-state index in [1.165, 1.54) is 41.5 Å². The van der Waals surface area contributed by atoms with Crippen molar-refractivity contribution in [3.8, 4) is 0 Å². The molecule has 0 bridgehead atoms. The molecule has 1 N–H and O–H groups in total. The molecule has 0 radical (unpaired) electrons. The molecule has 0 aliphatic carbocycles. The third-order valence-corrected chi connectivity index (χ3v) is 2.17. The number of hydrogen-bond acceptors (Lipinski definition) is 2. The minimum atomic E-state index is -0.327. The van der Waals surface area contributed by atoms with Crippen LogP contribution in [0.25, 0.3) is 0 Å². The maximum absolute atomic E-state index is 12.8. The summed E-state index contributed by atoms with van der Waals surface area (Å²) < 4.78 is 14.1. The number of imidazole rings is 1. The van der Waals surface area contributed by atoms with Crippen molar-refractivity contribution in [2.75, 3.05) is 5.32 Å². The molecular weight excluding hydrogens is 209 g/mol. The lowest BCUT2D eigenvalue weighted by atomic mass is 10.2. The Hall–Kier alpha value is -2.17. The van der Waals surface area contributed by atoms with Gasteiger partial charge in [-0.2, -0.15) is 0 Å². The van der Waals surface area contributed by atoms with Crippen molar-refractivity contribution in [2.45, 2.75) is 6.92 Å². The maximum Gasteiger partial charge on any atom is 0.331 e. The smallest absolute Gasteiger partial charge is 0.307 e. The van der Waals surface area contributed by atoms with E-state index in [0.29, 0.717) is 11.3 Å². The third-order valence-electron chi connectivity index (χ3n) is 2.17. The molecule has 2 aromatic rings. The van der Waals surface area contributed by atoms with Crippen LogP contribution in [-0.4, -0.2) is 15.6 Å². The number of nitrogens with zero attached hydrogens (tertiary/aromatic N) is 2. The fourth-order valence-electron chi connectivity index (χ4n) is 1.33. The molecule has 0 aliphatic rings. The van der Waals surface area contributed by atoms with Crippen LogP contribution in [0, 0.1) is 12.7 Å². The zero-order valence-electron chi connectivity index (χ0n) is 8.64. The minimum Gasteiger partial charge on any atom is -0.307 e. The van der Waals surface area contributed by atoms with Gasteiger partial charge in [0, 0.05) is 18.1 Å². The molecule has 82 valence electrons. The van der Waals surface area contributed by atoms with Gasteiger partial charge in [-0.1, -0.05) is 0 Å². The quantitative estimate of drug-likeness (QED) is 0.800. The Bertz CT molecular complexity index is 508. The monoisotopic (exact) mass is 219 g/mol. The second-order valence-corrected chi connectivity index (χ2v) is 3.36. The van der Waals surface area contributed by atoms with Crippen LogP contribution in [0.15, 0.2) is 36.9 Å². The van der Waals surface area contributed by atoms with Crippen LogP contribution in [0.1, 0.15) is 5.56 Å². The van der Waals surface area contributed by atoms with E-state index in [0.717, 1.165) is 0 Å². The van der Waals surface area contributed by atoms with Gasteiger partial charge in [0.25, 0.3) is 0 Å². The molecule has 0 atom stereocenters. The van der Waals surface area contributed by atoms with Gasteiger partial charge in [0.15, 0.2) is 0 Å². The fraction of sp³-hybridized carbons (Fsp3) is 0.0909. The van der Waals surface area contributed by atoms with Crippen molar-refractivity contribution in [1.82, 2.24) is 9.55 Å². The highest BCUT2D eigenvalue weighted by Crippen LogP contribution is 2.15. The zero-order valence-corrected chi connectivity index (χ0v) is 8.64. The van der Waals surface area contributed by atoms with E-state index < -0.39 is 0 Å². The number of aryl methyl sites for hydroxylation is 1. The van der Waals surface area contributed by atoms with E-state index in [1.807, 2.05) is 0 Å². The number of carbonyl (C=O) groups excluding carboxylic acids is 1. The topological polar surface area (TPSA) is 46.9 Å². The largest absolute Gasteiger partial charge is 0.331 e. The van der Waals surface area contributed by atoms with Gasteiger partial charge in [-0.3, -0.25) is 4.57 Å². The molecule has 5 heteroatoms. The first-order chi connectivity index (χ1) is 7.66. The number of aromatic nitrogens is 2. The molecule has 0 saturated heterocycles.